The van der Waals surface area contributed by atoms with Gasteiger partial charge < -0.3 is 15.1 Å². The molecule has 3 rings (SSSR count). The number of benzene rings is 1. The number of fused-ring (bicyclic) bond motifs is 1. The van der Waals surface area contributed by atoms with Gasteiger partial charge in [-0.1, -0.05) is 13.8 Å². The highest BCUT2D eigenvalue weighted by Crippen LogP contribution is 2.29. The number of likely N-dealkylation sites (tertiary alicyclic amines) is 1. The zero-order valence-electron chi connectivity index (χ0n) is 15.2. The lowest BCUT2D eigenvalue weighted by atomic mass is 9.94. The molecule has 1 aromatic heterocycles. The lowest BCUT2D eigenvalue weighted by molar-refractivity contribution is -0.134. The molecule has 0 aliphatic carbocycles. The molecule has 1 aliphatic rings. The maximum absolute atomic E-state index is 12.7. The summed E-state index contributed by atoms with van der Waals surface area (Å²) in [6, 6.07) is 4.19. The van der Waals surface area contributed by atoms with Crippen molar-refractivity contribution in [1.82, 2.24) is 4.90 Å². The molecular weight excluding hydrogens is 316 g/mol. The molecule has 0 spiro atoms. The number of primary amides is 1. The van der Waals surface area contributed by atoms with Crippen LogP contribution in [0.25, 0.3) is 11.0 Å². The second kappa shape index (κ2) is 6.90. The normalized spacial score (nSPS) is 18.1. The van der Waals surface area contributed by atoms with Crippen molar-refractivity contribution in [2.24, 2.45) is 11.7 Å². The number of piperidine rings is 1. The fourth-order valence-electron chi connectivity index (χ4n) is 3.71. The average molecular weight is 342 g/mol. The quantitative estimate of drug-likeness (QED) is 0.927. The van der Waals surface area contributed by atoms with Gasteiger partial charge in [0.05, 0.1) is 18.6 Å². The van der Waals surface area contributed by atoms with E-state index >= 15 is 0 Å². The Morgan fingerprint density at radius 3 is 2.80 bits per heavy atom. The summed E-state index contributed by atoms with van der Waals surface area (Å²) in [4.78, 5) is 25.9. The highest BCUT2D eigenvalue weighted by molar-refractivity contribution is 5.89. The van der Waals surface area contributed by atoms with E-state index in [2.05, 4.69) is 26.8 Å². The molecule has 1 aromatic carbocycles. The van der Waals surface area contributed by atoms with Crippen LogP contribution in [0.3, 0.4) is 0 Å². The average Bonchev–Trinajstić information content (AvgIpc) is 2.95. The maximum Gasteiger partial charge on any atom is 0.227 e. The Morgan fingerprint density at radius 1 is 1.36 bits per heavy atom. The molecule has 5 nitrogen and oxygen atoms in total. The van der Waals surface area contributed by atoms with Gasteiger partial charge in [-0.05, 0) is 48.9 Å². The first-order valence-corrected chi connectivity index (χ1v) is 8.94. The largest absolute Gasteiger partial charge is 0.464 e. The van der Waals surface area contributed by atoms with Crippen molar-refractivity contribution in [2.75, 3.05) is 13.1 Å². The second-order valence-corrected chi connectivity index (χ2v) is 7.38. The molecule has 0 bridgehead atoms. The summed E-state index contributed by atoms with van der Waals surface area (Å²) in [6.07, 6.45) is 3.56. The standard InChI is InChI=1S/C20H26N2O3/c1-12(2)16-9-17-15(11-25-18(17)7-13(16)3)8-19(23)22-6-4-5-14(10-22)20(21)24/h7,9,11-12,14H,4-6,8,10H2,1-3H3,(H2,21,24)/t14-/m0/s1. The minimum absolute atomic E-state index is 0.0281. The number of hydrogen-bond acceptors (Lipinski definition) is 3. The monoisotopic (exact) mass is 342 g/mol. The number of carbonyl (C=O) groups excluding carboxylic acids is 2. The SMILES string of the molecule is Cc1cc2occ(CC(=O)N3CCC[C@H](C(N)=O)C3)c2cc1C(C)C. The Balaban J connectivity index is 1.81. The van der Waals surface area contributed by atoms with Gasteiger partial charge in [-0.3, -0.25) is 9.59 Å². The molecule has 2 aromatic rings. The molecule has 2 N–H and O–H groups in total. The van der Waals surface area contributed by atoms with Crippen LogP contribution in [0, 0.1) is 12.8 Å². The van der Waals surface area contributed by atoms with Gasteiger partial charge in [0.25, 0.3) is 0 Å². The Hall–Kier alpha value is -2.30. The van der Waals surface area contributed by atoms with Crippen LogP contribution < -0.4 is 5.73 Å². The third kappa shape index (κ3) is 3.55. The van der Waals surface area contributed by atoms with Crippen molar-refractivity contribution in [3.05, 3.63) is 35.1 Å². The highest BCUT2D eigenvalue weighted by Gasteiger charge is 2.27. The van der Waals surface area contributed by atoms with Crippen LogP contribution in [0.5, 0.6) is 0 Å². The zero-order chi connectivity index (χ0) is 18.1. The molecular formula is C20H26N2O3. The summed E-state index contributed by atoms with van der Waals surface area (Å²) in [5.41, 5.74) is 9.61. The lowest BCUT2D eigenvalue weighted by Crippen LogP contribution is -2.44. The molecule has 1 fully saturated rings. The van der Waals surface area contributed by atoms with Crippen LogP contribution in [0.4, 0.5) is 0 Å². The van der Waals surface area contributed by atoms with Gasteiger partial charge in [0.1, 0.15) is 5.58 Å². The topological polar surface area (TPSA) is 76.5 Å². The van der Waals surface area contributed by atoms with Crippen LogP contribution in [-0.2, 0) is 16.0 Å². The third-order valence-electron chi connectivity index (χ3n) is 5.18. The lowest BCUT2D eigenvalue weighted by Gasteiger charge is -2.31. The van der Waals surface area contributed by atoms with E-state index in [4.69, 9.17) is 10.2 Å². The van der Waals surface area contributed by atoms with E-state index < -0.39 is 0 Å². The first kappa shape index (κ1) is 17.5. The third-order valence-corrected chi connectivity index (χ3v) is 5.18. The molecule has 1 saturated heterocycles. The molecule has 0 saturated carbocycles. The zero-order valence-corrected chi connectivity index (χ0v) is 15.2. The number of carbonyl (C=O) groups is 2. The van der Waals surface area contributed by atoms with Crippen molar-refractivity contribution < 1.29 is 14.0 Å². The van der Waals surface area contributed by atoms with E-state index in [9.17, 15) is 9.59 Å². The molecule has 2 heterocycles. The summed E-state index contributed by atoms with van der Waals surface area (Å²) in [5.74, 6) is -0.0982. The minimum atomic E-state index is -0.316. The van der Waals surface area contributed by atoms with Crippen molar-refractivity contribution >= 4 is 22.8 Å². The van der Waals surface area contributed by atoms with Gasteiger partial charge in [-0.2, -0.15) is 0 Å². The Kier molecular flexibility index (Phi) is 4.84. The van der Waals surface area contributed by atoms with Gasteiger partial charge in [0.2, 0.25) is 11.8 Å². The number of amides is 2. The predicted molar refractivity (Wildman–Crippen MR) is 97.2 cm³/mol. The summed E-state index contributed by atoms with van der Waals surface area (Å²) in [5, 5.41) is 1.01. The number of furan rings is 1. The fourth-order valence-corrected chi connectivity index (χ4v) is 3.71. The summed E-state index contributed by atoms with van der Waals surface area (Å²) in [6.45, 7) is 7.53. The summed E-state index contributed by atoms with van der Waals surface area (Å²) < 4.78 is 5.67. The minimum Gasteiger partial charge on any atom is -0.464 e. The van der Waals surface area contributed by atoms with Crippen LogP contribution in [0.2, 0.25) is 0 Å². The first-order chi connectivity index (χ1) is 11.9. The van der Waals surface area contributed by atoms with Gasteiger partial charge >= 0.3 is 0 Å². The molecule has 134 valence electrons. The predicted octanol–water partition coefficient (Wildman–Crippen LogP) is 3.13. The van der Waals surface area contributed by atoms with E-state index in [1.807, 2.05) is 6.07 Å². The van der Waals surface area contributed by atoms with Gasteiger partial charge in [0.15, 0.2) is 0 Å². The van der Waals surface area contributed by atoms with E-state index in [0.29, 0.717) is 25.4 Å². The molecule has 0 radical (unpaired) electrons. The van der Waals surface area contributed by atoms with Crippen LogP contribution in [0.15, 0.2) is 22.8 Å². The second-order valence-electron chi connectivity index (χ2n) is 7.38. The molecule has 1 atom stereocenters. The fraction of sp³-hybridized carbons (Fsp3) is 0.500. The van der Waals surface area contributed by atoms with Gasteiger partial charge in [-0.25, -0.2) is 0 Å². The molecule has 25 heavy (non-hydrogen) atoms. The molecule has 5 heteroatoms. The van der Waals surface area contributed by atoms with Crippen molar-refractivity contribution in [1.29, 1.82) is 0 Å². The Morgan fingerprint density at radius 2 is 2.12 bits per heavy atom. The Labute approximate surface area is 148 Å². The van der Waals surface area contributed by atoms with Crippen LogP contribution >= 0.6 is 0 Å². The summed E-state index contributed by atoms with van der Waals surface area (Å²) >= 11 is 0. The number of nitrogens with zero attached hydrogens (tertiary/aromatic N) is 1. The number of nitrogens with two attached hydrogens (primary N) is 1. The van der Waals surface area contributed by atoms with Gasteiger partial charge in [0, 0.05) is 24.0 Å². The maximum atomic E-state index is 12.7. The number of hydrogen-bond donors (Lipinski definition) is 1. The molecule has 0 unspecified atom stereocenters. The first-order valence-electron chi connectivity index (χ1n) is 8.94. The van der Waals surface area contributed by atoms with E-state index in [-0.39, 0.29) is 17.7 Å². The van der Waals surface area contributed by atoms with Crippen molar-refractivity contribution in [3.63, 3.8) is 0 Å². The highest BCUT2D eigenvalue weighted by atomic mass is 16.3. The van der Waals surface area contributed by atoms with Gasteiger partial charge in [-0.15, -0.1) is 0 Å². The van der Waals surface area contributed by atoms with E-state index in [0.717, 1.165) is 29.4 Å². The number of rotatable bonds is 4. The van der Waals surface area contributed by atoms with Crippen molar-refractivity contribution in [3.8, 4) is 0 Å². The Bertz CT molecular complexity index is 807. The molecule has 2 amide bonds. The summed E-state index contributed by atoms with van der Waals surface area (Å²) in [7, 11) is 0. The van der Waals surface area contributed by atoms with E-state index in [1.54, 1.807) is 11.2 Å². The van der Waals surface area contributed by atoms with Crippen molar-refractivity contribution in [2.45, 2.75) is 46.0 Å². The number of aryl methyl sites for hydroxylation is 1. The van der Waals surface area contributed by atoms with Crippen LogP contribution in [-0.4, -0.2) is 29.8 Å². The van der Waals surface area contributed by atoms with Crippen LogP contribution in [0.1, 0.15) is 49.3 Å². The smallest absolute Gasteiger partial charge is 0.227 e. The van der Waals surface area contributed by atoms with E-state index in [1.165, 1.54) is 11.1 Å². The molecule has 1 aliphatic heterocycles.